The lowest BCUT2D eigenvalue weighted by Gasteiger charge is -2.10. The number of hydrogen-bond donors (Lipinski definition) is 1. The Kier molecular flexibility index (Phi) is 5.16. The molecule has 4 nitrogen and oxygen atoms in total. The second-order valence-corrected chi connectivity index (χ2v) is 5.58. The van der Waals surface area contributed by atoms with Gasteiger partial charge in [0.05, 0.1) is 4.92 Å². The van der Waals surface area contributed by atoms with Gasteiger partial charge in [-0.15, -0.1) is 0 Å². The summed E-state index contributed by atoms with van der Waals surface area (Å²) in [6, 6.07) is 4.83. The first-order valence-corrected chi connectivity index (χ1v) is 7.18. The Morgan fingerprint density at radius 1 is 1.37 bits per heavy atom. The predicted octanol–water partition coefficient (Wildman–Crippen LogP) is 3.92. The van der Waals surface area contributed by atoms with Crippen molar-refractivity contribution in [1.82, 2.24) is 5.32 Å². The maximum absolute atomic E-state index is 10.9. The number of halogens is 1. The van der Waals surface area contributed by atoms with Gasteiger partial charge < -0.3 is 5.32 Å². The minimum atomic E-state index is -0.375. The van der Waals surface area contributed by atoms with E-state index >= 15 is 0 Å². The molecule has 104 valence electrons. The second-order valence-electron chi connectivity index (χ2n) is 5.15. The third-order valence-electron chi connectivity index (χ3n) is 3.76. The zero-order chi connectivity index (χ0) is 13.7. The van der Waals surface area contributed by atoms with E-state index in [0.717, 1.165) is 12.5 Å². The third kappa shape index (κ3) is 4.18. The molecule has 1 aromatic rings. The Morgan fingerprint density at radius 2 is 2.11 bits per heavy atom. The van der Waals surface area contributed by atoms with Crippen LogP contribution in [0.5, 0.6) is 0 Å². The van der Waals surface area contributed by atoms with Crippen LogP contribution in [0.25, 0.3) is 0 Å². The lowest BCUT2D eigenvalue weighted by Crippen LogP contribution is -2.17. The van der Waals surface area contributed by atoms with Gasteiger partial charge >= 0.3 is 0 Å². The quantitative estimate of drug-likeness (QED) is 0.489. The van der Waals surface area contributed by atoms with Crippen LogP contribution in [0.4, 0.5) is 5.69 Å². The van der Waals surface area contributed by atoms with Crippen LogP contribution in [0, 0.1) is 16.0 Å². The molecule has 0 unspecified atom stereocenters. The van der Waals surface area contributed by atoms with E-state index < -0.39 is 0 Å². The van der Waals surface area contributed by atoms with Gasteiger partial charge in [-0.05, 0) is 31.0 Å². The molecule has 5 heteroatoms. The number of nitrogens with zero attached hydrogens (tertiary/aromatic N) is 1. The van der Waals surface area contributed by atoms with Crippen molar-refractivity contribution in [3.8, 4) is 0 Å². The number of nitro benzene ring substituents is 1. The fourth-order valence-corrected chi connectivity index (χ4v) is 2.85. The summed E-state index contributed by atoms with van der Waals surface area (Å²) in [6.45, 7) is 1.45. The van der Waals surface area contributed by atoms with Gasteiger partial charge in [-0.1, -0.05) is 37.3 Å². The first-order chi connectivity index (χ1) is 9.16. The van der Waals surface area contributed by atoms with E-state index in [9.17, 15) is 10.1 Å². The summed E-state index contributed by atoms with van der Waals surface area (Å²) in [5.74, 6) is 0.840. The molecule has 1 N–H and O–H groups in total. The van der Waals surface area contributed by atoms with Crippen LogP contribution >= 0.6 is 11.6 Å². The minimum absolute atomic E-state index is 0.0980. The monoisotopic (exact) mass is 282 g/mol. The summed E-state index contributed by atoms with van der Waals surface area (Å²) in [5, 5.41) is 14.6. The lowest BCUT2D eigenvalue weighted by molar-refractivity contribution is -0.385. The molecule has 1 aliphatic carbocycles. The molecule has 0 radical (unpaired) electrons. The SMILES string of the molecule is O=[N+]([O-])c1cc(Cl)ccc1CNCCC1CCCC1. The molecule has 0 aliphatic heterocycles. The third-order valence-corrected chi connectivity index (χ3v) is 4.00. The summed E-state index contributed by atoms with van der Waals surface area (Å²) in [4.78, 5) is 10.6. The average Bonchev–Trinajstić information content (AvgIpc) is 2.89. The van der Waals surface area contributed by atoms with Crippen LogP contribution in [0.3, 0.4) is 0 Å². The molecule has 0 heterocycles. The Hall–Kier alpha value is -1.13. The molecule has 2 rings (SSSR count). The normalized spacial score (nSPS) is 15.8. The molecule has 0 bridgehead atoms. The van der Waals surface area contributed by atoms with Gasteiger partial charge in [0, 0.05) is 23.2 Å². The molecule has 19 heavy (non-hydrogen) atoms. The fourth-order valence-electron chi connectivity index (χ4n) is 2.68. The van der Waals surface area contributed by atoms with Gasteiger partial charge in [0.25, 0.3) is 5.69 Å². The van der Waals surface area contributed by atoms with Crippen LogP contribution < -0.4 is 5.32 Å². The highest BCUT2D eigenvalue weighted by molar-refractivity contribution is 6.30. The zero-order valence-electron chi connectivity index (χ0n) is 10.9. The molecule has 0 atom stereocenters. The molecule has 0 amide bonds. The molecule has 0 spiro atoms. The Balaban J connectivity index is 1.83. The van der Waals surface area contributed by atoms with Crippen molar-refractivity contribution in [1.29, 1.82) is 0 Å². The van der Waals surface area contributed by atoms with Crippen molar-refractivity contribution >= 4 is 17.3 Å². The molecule has 1 aliphatic rings. The maximum Gasteiger partial charge on any atom is 0.275 e. The van der Waals surface area contributed by atoms with E-state index in [4.69, 9.17) is 11.6 Å². The first-order valence-electron chi connectivity index (χ1n) is 6.80. The molecule has 1 aromatic carbocycles. The van der Waals surface area contributed by atoms with E-state index in [1.54, 1.807) is 12.1 Å². The summed E-state index contributed by atoms with van der Waals surface area (Å²) < 4.78 is 0. The van der Waals surface area contributed by atoms with Crippen LogP contribution in [0.2, 0.25) is 5.02 Å². The Labute approximate surface area is 118 Å². The van der Waals surface area contributed by atoms with Crippen molar-refractivity contribution < 1.29 is 4.92 Å². The predicted molar refractivity (Wildman–Crippen MR) is 76.4 cm³/mol. The number of nitro groups is 1. The number of nitrogens with one attached hydrogen (secondary N) is 1. The molecule has 1 saturated carbocycles. The van der Waals surface area contributed by atoms with Crippen molar-refractivity contribution in [3.63, 3.8) is 0 Å². The lowest BCUT2D eigenvalue weighted by atomic mass is 10.0. The van der Waals surface area contributed by atoms with Gasteiger partial charge in [0.1, 0.15) is 0 Å². The van der Waals surface area contributed by atoms with Crippen LogP contribution in [0.1, 0.15) is 37.7 Å². The molecule has 0 saturated heterocycles. The summed E-state index contributed by atoms with van der Waals surface area (Å²) in [5.41, 5.74) is 0.793. The van der Waals surface area contributed by atoms with Crippen molar-refractivity contribution in [2.24, 2.45) is 5.92 Å². The fraction of sp³-hybridized carbons (Fsp3) is 0.571. The first kappa shape index (κ1) is 14.3. The van der Waals surface area contributed by atoms with E-state index in [1.165, 1.54) is 38.2 Å². The minimum Gasteiger partial charge on any atom is -0.312 e. The summed E-state index contributed by atoms with van der Waals surface area (Å²) in [7, 11) is 0. The van der Waals surface area contributed by atoms with Gasteiger partial charge in [-0.3, -0.25) is 10.1 Å². The Bertz CT molecular complexity index is 445. The van der Waals surface area contributed by atoms with Crippen molar-refractivity contribution in [2.45, 2.75) is 38.6 Å². The molecule has 1 fully saturated rings. The number of benzene rings is 1. The van der Waals surface area contributed by atoms with Crippen molar-refractivity contribution in [2.75, 3.05) is 6.54 Å². The van der Waals surface area contributed by atoms with E-state index in [1.807, 2.05) is 0 Å². The van der Waals surface area contributed by atoms with Crippen LogP contribution in [-0.4, -0.2) is 11.5 Å². The van der Waals surface area contributed by atoms with Gasteiger partial charge in [-0.2, -0.15) is 0 Å². The highest BCUT2D eigenvalue weighted by atomic mass is 35.5. The summed E-state index contributed by atoms with van der Waals surface area (Å²) in [6.07, 6.45) is 6.55. The van der Waals surface area contributed by atoms with Gasteiger partial charge in [0.15, 0.2) is 0 Å². The zero-order valence-corrected chi connectivity index (χ0v) is 11.7. The standard InChI is InChI=1S/C14H19ClN2O2/c15-13-6-5-12(14(9-13)17(18)19)10-16-8-7-11-3-1-2-4-11/h5-6,9,11,16H,1-4,7-8,10H2. The smallest absolute Gasteiger partial charge is 0.275 e. The highest BCUT2D eigenvalue weighted by Gasteiger charge is 2.16. The van der Waals surface area contributed by atoms with Gasteiger partial charge in [0.2, 0.25) is 0 Å². The molecular weight excluding hydrogens is 264 g/mol. The van der Waals surface area contributed by atoms with Crippen molar-refractivity contribution in [3.05, 3.63) is 38.9 Å². The molecule has 0 aromatic heterocycles. The van der Waals surface area contributed by atoms with Crippen LogP contribution in [-0.2, 0) is 6.54 Å². The topological polar surface area (TPSA) is 55.2 Å². The second kappa shape index (κ2) is 6.87. The average molecular weight is 283 g/mol. The Morgan fingerprint density at radius 3 is 2.79 bits per heavy atom. The van der Waals surface area contributed by atoms with E-state index in [0.29, 0.717) is 17.1 Å². The van der Waals surface area contributed by atoms with Gasteiger partial charge in [-0.25, -0.2) is 0 Å². The molecular formula is C14H19ClN2O2. The van der Waals surface area contributed by atoms with E-state index in [-0.39, 0.29) is 10.6 Å². The number of rotatable bonds is 6. The largest absolute Gasteiger partial charge is 0.312 e. The summed E-state index contributed by atoms with van der Waals surface area (Å²) >= 11 is 5.78. The maximum atomic E-state index is 10.9. The van der Waals surface area contributed by atoms with Crippen LogP contribution in [0.15, 0.2) is 18.2 Å². The highest BCUT2D eigenvalue weighted by Crippen LogP contribution is 2.27. The van der Waals surface area contributed by atoms with E-state index in [2.05, 4.69) is 5.32 Å². The number of hydrogen-bond acceptors (Lipinski definition) is 3.